The number of hydrogen-bond acceptors (Lipinski definition) is 10. The van der Waals surface area contributed by atoms with Gasteiger partial charge in [-0.05, 0) is 67.3 Å². The molecule has 0 bridgehead atoms. The molecule has 3 amide bonds. The van der Waals surface area contributed by atoms with E-state index in [2.05, 4.69) is 29.0 Å². The molecule has 342 valence electrons. The number of carbonyl (C=O) groups is 4. The van der Waals surface area contributed by atoms with E-state index in [1.165, 1.54) is 11.3 Å². The highest BCUT2D eigenvalue weighted by Crippen LogP contribution is 2.32. The molecule has 3 N–H and O–H groups in total. The summed E-state index contributed by atoms with van der Waals surface area (Å²) in [6.07, 6.45) is 3.58. The van der Waals surface area contributed by atoms with Gasteiger partial charge in [-0.15, -0.1) is 11.3 Å². The lowest BCUT2D eigenvalue weighted by Crippen LogP contribution is -2.54. The normalized spacial score (nSPS) is 18.2. The fraction of sp³-hybridized carbons (Fsp3) is 0.612. The zero-order chi connectivity index (χ0) is 45.7. The maximum atomic E-state index is 14.6. The first-order chi connectivity index (χ1) is 29.5. The molecule has 0 saturated carbocycles. The van der Waals surface area contributed by atoms with Gasteiger partial charge < -0.3 is 30.3 Å². The van der Waals surface area contributed by atoms with E-state index in [1.807, 2.05) is 107 Å². The van der Waals surface area contributed by atoms with Gasteiger partial charge in [-0.3, -0.25) is 24.1 Å². The summed E-state index contributed by atoms with van der Waals surface area (Å²) in [7, 11) is 6.95. The minimum absolute atomic E-state index is 0.00819. The average molecular weight is 875 g/mol. The maximum Gasteiger partial charge on any atom is 0.226 e. The molecule has 1 aliphatic heterocycles. The van der Waals surface area contributed by atoms with Gasteiger partial charge in [0.25, 0.3) is 0 Å². The van der Waals surface area contributed by atoms with E-state index in [0.717, 1.165) is 29.0 Å². The molecule has 2 heterocycles. The molecule has 1 fully saturated rings. The van der Waals surface area contributed by atoms with Crippen molar-refractivity contribution in [1.29, 1.82) is 0 Å². The summed E-state index contributed by atoms with van der Waals surface area (Å²) in [5, 5.41) is 5.98. The van der Waals surface area contributed by atoms with Crippen LogP contribution >= 0.6 is 11.3 Å². The molecule has 1 saturated heterocycles. The van der Waals surface area contributed by atoms with Crippen LogP contribution in [0.25, 0.3) is 0 Å². The van der Waals surface area contributed by atoms with Crippen molar-refractivity contribution in [3.8, 4) is 0 Å². The molecule has 0 radical (unpaired) electrons. The number of nitrogens with zero attached hydrogens (tertiary/aromatic N) is 4. The molecule has 0 unspecified atom stereocenters. The SMILES string of the molecule is CC[C@H](C)[C@@H]([C@@H](CC(=O)N1CCC[C@H]1[C@H](OC)[C@@H](C)C(=O)N[C@@H](Cc1ccccc1)c1nccs1)OC)N(C)C(=O)[C@@H](CC(=O)[C@H](C(C)C)N(C)Cc1ccc(N)cc1)C(C)C. The molecule has 13 heteroatoms. The Morgan fingerprint density at radius 2 is 1.60 bits per heavy atom. The monoisotopic (exact) mass is 875 g/mol. The van der Waals surface area contributed by atoms with Crippen molar-refractivity contribution < 1.29 is 28.7 Å². The number of nitrogens with one attached hydrogen (secondary N) is 1. The number of hydrogen-bond donors (Lipinski definition) is 2. The van der Waals surface area contributed by atoms with E-state index in [0.29, 0.717) is 31.6 Å². The minimum atomic E-state index is -0.607. The predicted octanol–water partition coefficient (Wildman–Crippen LogP) is 7.43. The summed E-state index contributed by atoms with van der Waals surface area (Å²) in [4.78, 5) is 67.5. The number of methoxy groups -OCH3 is 2. The molecule has 12 nitrogen and oxygen atoms in total. The molecular weight excluding hydrogens is 801 g/mol. The van der Waals surface area contributed by atoms with Gasteiger partial charge in [0.2, 0.25) is 17.7 Å². The average Bonchev–Trinajstić information content (AvgIpc) is 3.97. The molecule has 4 rings (SSSR count). The third-order valence-corrected chi connectivity index (χ3v) is 13.9. The second-order valence-electron chi connectivity index (χ2n) is 18.1. The van der Waals surface area contributed by atoms with Crippen LogP contribution in [0.2, 0.25) is 0 Å². The third-order valence-electron chi connectivity index (χ3n) is 13.0. The second kappa shape index (κ2) is 24.0. The summed E-state index contributed by atoms with van der Waals surface area (Å²) in [6, 6.07) is 16.3. The number of benzene rings is 2. The Morgan fingerprint density at radius 1 is 0.919 bits per heavy atom. The molecular formula is C49H74N6O6S. The van der Waals surface area contributed by atoms with E-state index in [9.17, 15) is 19.2 Å². The number of aromatic nitrogens is 1. The van der Waals surface area contributed by atoms with Crippen LogP contribution in [-0.4, -0.2) is 108 Å². The van der Waals surface area contributed by atoms with Crippen LogP contribution in [0.1, 0.15) is 103 Å². The van der Waals surface area contributed by atoms with E-state index in [-0.39, 0.29) is 72.2 Å². The van der Waals surface area contributed by atoms with Crippen molar-refractivity contribution >= 4 is 40.5 Å². The van der Waals surface area contributed by atoms with Crippen LogP contribution in [0.3, 0.4) is 0 Å². The van der Waals surface area contributed by atoms with Crippen LogP contribution in [0.4, 0.5) is 5.69 Å². The molecule has 1 aliphatic rings. The van der Waals surface area contributed by atoms with Crippen molar-refractivity contribution in [3.63, 3.8) is 0 Å². The summed E-state index contributed by atoms with van der Waals surface area (Å²) in [5.74, 6) is -1.56. The molecule has 0 spiro atoms. The number of nitrogens with two attached hydrogens (primary N) is 1. The lowest BCUT2D eigenvalue weighted by atomic mass is 9.83. The van der Waals surface area contributed by atoms with Gasteiger partial charge in [-0.25, -0.2) is 4.98 Å². The lowest BCUT2D eigenvalue weighted by molar-refractivity contribution is -0.149. The highest BCUT2D eigenvalue weighted by Gasteiger charge is 2.43. The number of ketones is 1. The lowest BCUT2D eigenvalue weighted by Gasteiger charge is -2.41. The maximum absolute atomic E-state index is 14.6. The topological polar surface area (TPSA) is 147 Å². The number of Topliss-reactive ketones (excluding diaryl/α,β-unsaturated/α-hetero) is 1. The van der Waals surface area contributed by atoms with Crippen molar-refractivity contribution in [2.75, 3.05) is 40.6 Å². The number of carbonyl (C=O) groups excluding carboxylic acids is 4. The molecule has 9 atom stereocenters. The standard InChI is InChI=1S/C49H74N6O6S/c1-12-33(6)45(54(9)49(59)38(31(2)3)28-41(56)44(32(4)5)53(8)30-36-20-22-37(50)23-21-36)42(60-10)29-43(57)55-25-16-19-40(55)46(61-11)34(7)47(58)52-39(48-51-24-26-62-48)27-35-17-14-13-15-18-35/h13-15,17-18,20-24,26,31-34,38-40,42,44-46H,12,16,19,25,27-30,50H2,1-11H3,(H,52,58)/t33-,34+,38-,39-,40-,42+,44-,45-,46+/m0/s1. The van der Waals surface area contributed by atoms with Gasteiger partial charge in [-0.1, -0.05) is 97.4 Å². The summed E-state index contributed by atoms with van der Waals surface area (Å²) < 4.78 is 12.2. The number of likely N-dealkylation sites (N-methyl/N-ethyl adjacent to an activating group) is 2. The van der Waals surface area contributed by atoms with Gasteiger partial charge in [0.15, 0.2) is 5.78 Å². The van der Waals surface area contributed by atoms with Crippen molar-refractivity contribution in [1.82, 2.24) is 25.0 Å². The Hall–Kier alpha value is -4.17. The Balaban J connectivity index is 1.48. The van der Waals surface area contributed by atoms with Crippen LogP contribution in [0.15, 0.2) is 66.2 Å². The number of amides is 3. The number of nitrogen functional groups attached to an aromatic ring is 1. The highest BCUT2D eigenvalue weighted by atomic mass is 32.1. The Bertz CT molecular complexity index is 1840. The van der Waals surface area contributed by atoms with E-state index in [1.54, 1.807) is 32.4 Å². The van der Waals surface area contributed by atoms with Crippen LogP contribution in [-0.2, 0) is 41.6 Å². The smallest absolute Gasteiger partial charge is 0.226 e. The van der Waals surface area contributed by atoms with Crippen LogP contribution < -0.4 is 11.1 Å². The Morgan fingerprint density at radius 3 is 2.16 bits per heavy atom. The Labute approximate surface area is 375 Å². The van der Waals surface area contributed by atoms with Crippen LogP contribution in [0.5, 0.6) is 0 Å². The third kappa shape index (κ3) is 13.2. The number of likely N-dealkylation sites (tertiary alicyclic amines) is 1. The molecule has 0 aliphatic carbocycles. The van der Waals surface area contributed by atoms with E-state index < -0.39 is 30.1 Å². The van der Waals surface area contributed by atoms with Gasteiger partial charge >= 0.3 is 0 Å². The van der Waals surface area contributed by atoms with Gasteiger partial charge in [0.05, 0.1) is 48.7 Å². The van der Waals surface area contributed by atoms with Gasteiger partial charge in [0.1, 0.15) is 5.01 Å². The fourth-order valence-corrected chi connectivity index (χ4v) is 10.1. The van der Waals surface area contributed by atoms with E-state index in [4.69, 9.17) is 15.2 Å². The Kier molecular flexibility index (Phi) is 19.6. The zero-order valence-corrected chi connectivity index (χ0v) is 39.9. The first kappa shape index (κ1) is 50.5. The number of thiazole rings is 1. The zero-order valence-electron chi connectivity index (χ0n) is 39.1. The largest absolute Gasteiger partial charge is 0.399 e. The number of anilines is 1. The first-order valence-corrected chi connectivity index (χ1v) is 23.3. The molecule has 2 aromatic carbocycles. The molecule has 3 aromatic rings. The molecule has 62 heavy (non-hydrogen) atoms. The summed E-state index contributed by atoms with van der Waals surface area (Å²) in [5.41, 5.74) is 8.75. The fourth-order valence-electron chi connectivity index (χ4n) is 9.41. The second-order valence-corrected chi connectivity index (χ2v) is 19.0. The molecule has 1 aromatic heterocycles. The van der Waals surface area contributed by atoms with Gasteiger partial charge in [0, 0.05) is 64.0 Å². The minimum Gasteiger partial charge on any atom is -0.399 e. The predicted molar refractivity (Wildman–Crippen MR) is 248 cm³/mol. The van der Waals surface area contributed by atoms with Crippen LogP contribution in [0, 0.1) is 29.6 Å². The summed E-state index contributed by atoms with van der Waals surface area (Å²) in [6.45, 7) is 15.2. The number of ether oxygens (including phenoxy) is 2. The number of rotatable bonds is 24. The first-order valence-electron chi connectivity index (χ1n) is 22.4. The summed E-state index contributed by atoms with van der Waals surface area (Å²) >= 11 is 1.51. The van der Waals surface area contributed by atoms with Crippen molar-refractivity contribution in [3.05, 3.63) is 82.3 Å². The van der Waals surface area contributed by atoms with Crippen molar-refractivity contribution in [2.45, 2.75) is 130 Å². The highest BCUT2D eigenvalue weighted by molar-refractivity contribution is 7.09. The quantitative estimate of drug-likeness (QED) is 0.0878. The van der Waals surface area contributed by atoms with Gasteiger partial charge in [-0.2, -0.15) is 0 Å². The van der Waals surface area contributed by atoms with E-state index >= 15 is 0 Å². The van der Waals surface area contributed by atoms with Crippen molar-refractivity contribution in [2.24, 2.45) is 29.6 Å².